The van der Waals surface area contributed by atoms with Gasteiger partial charge < -0.3 is 20.0 Å². The summed E-state index contributed by atoms with van der Waals surface area (Å²) in [5.41, 5.74) is 1.11. The molecule has 7 heteroatoms. The van der Waals surface area contributed by atoms with Crippen molar-refractivity contribution < 1.29 is 4.79 Å². The lowest BCUT2D eigenvalue weighted by Crippen LogP contribution is -2.55. The number of halogens is 1. The summed E-state index contributed by atoms with van der Waals surface area (Å²) in [6.07, 6.45) is 4.00. The van der Waals surface area contributed by atoms with Crippen molar-refractivity contribution in [3.8, 4) is 0 Å². The molecule has 3 aliphatic rings. The predicted octanol–water partition coefficient (Wildman–Crippen LogP) is 2.43. The summed E-state index contributed by atoms with van der Waals surface area (Å²) < 4.78 is 0. The van der Waals surface area contributed by atoms with Gasteiger partial charge >= 0.3 is 0 Å². The number of nitrogens with zero attached hydrogens (tertiary/aromatic N) is 4. The van der Waals surface area contributed by atoms with Gasteiger partial charge in [-0.05, 0) is 56.3 Å². The van der Waals surface area contributed by atoms with Crippen LogP contribution in [0.4, 0.5) is 0 Å². The van der Waals surface area contributed by atoms with Crippen LogP contribution in [0.2, 0.25) is 5.02 Å². The summed E-state index contributed by atoms with van der Waals surface area (Å²) in [6.45, 7) is 8.70. The molecule has 1 N–H and O–H groups in total. The lowest BCUT2D eigenvalue weighted by Gasteiger charge is -2.36. The maximum absolute atomic E-state index is 12.7. The standard InChI is InChI=1S/C22H32ClN5O/c1-2-24-22(25-13-18-9-10-26(15-18)20-7-8-20)28-12-11-27(21(29)16-28)14-17-3-5-19(23)6-4-17/h3-6,18,20H,2,7-16H2,1H3,(H,24,25). The molecule has 3 fully saturated rings. The summed E-state index contributed by atoms with van der Waals surface area (Å²) in [5, 5.41) is 4.11. The number of guanidine groups is 1. The summed E-state index contributed by atoms with van der Waals surface area (Å²) in [5.74, 6) is 1.68. The van der Waals surface area contributed by atoms with Crippen molar-refractivity contribution in [2.24, 2.45) is 10.9 Å². The summed E-state index contributed by atoms with van der Waals surface area (Å²) in [6, 6.07) is 8.57. The molecule has 2 heterocycles. The minimum Gasteiger partial charge on any atom is -0.357 e. The Kier molecular flexibility index (Phi) is 6.60. The van der Waals surface area contributed by atoms with Crippen LogP contribution in [0.1, 0.15) is 31.7 Å². The second-order valence-electron chi connectivity index (χ2n) is 8.44. The van der Waals surface area contributed by atoms with E-state index in [0.717, 1.165) is 42.2 Å². The van der Waals surface area contributed by atoms with Gasteiger partial charge in [0.25, 0.3) is 0 Å². The Labute approximate surface area is 178 Å². The molecule has 1 saturated carbocycles. The van der Waals surface area contributed by atoms with E-state index in [9.17, 15) is 4.79 Å². The van der Waals surface area contributed by atoms with Gasteiger partial charge in [-0.1, -0.05) is 23.7 Å². The highest BCUT2D eigenvalue weighted by Crippen LogP contribution is 2.31. The van der Waals surface area contributed by atoms with E-state index in [4.69, 9.17) is 16.6 Å². The van der Waals surface area contributed by atoms with Gasteiger partial charge in [0.1, 0.15) is 0 Å². The highest BCUT2D eigenvalue weighted by atomic mass is 35.5. The highest BCUT2D eigenvalue weighted by molar-refractivity contribution is 6.30. The number of nitrogens with one attached hydrogen (secondary N) is 1. The average Bonchev–Trinajstić information content (AvgIpc) is 3.46. The number of piperazine rings is 1. The Bertz CT molecular complexity index is 733. The zero-order valence-electron chi connectivity index (χ0n) is 17.3. The molecular weight excluding hydrogens is 386 g/mol. The molecule has 1 amide bonds. The van der Waals surface area contributed by atoms with Gasteiger partial charge in [-0.15, -0.1) is 0 Å². The minimum atomic E-state index is 0.151. The molecule has 0 aromatic heterocycles. The van der Waals surface area contributed by atoms with Crippen LogP contribution in [-0.2, 0) is 11.3 Å². The molecule has 1 atom stereocenters. The van der Waals surface area contributed by atoms with Crippen molar-refractivity contribution in [1.82, 2.24) is 20.0 Å². The van der Waals surface area contributed by atoms with Gasteiger partial charge in [0, 0.05) is 50.3 Å². The fourth-order valence-electron chi connectivity index (χ4n) is 4.29. The minimum absolute atomic E-state index is 0.151. The largest absolute Gasteiger partial charge is 0.357 e. The summed E-state index contributed by atoms with van der Waals surface area (Å²) in [7, 11) is 0. The zero-order chi connectivity index (χ0) is 20.2. The lowest BCUT2D eigenvalue weighted by molar-refractivity contribution is -0.135. The number of amides is 1. The van der Waals surface area contributed by atoms with E-state index in [0.29, 0.717) is 25.6 Å². The summed E-state index contributed by atoms with van der Waals surface area (Å²) in [4.78, 5) is 24.3. The third-order valence-corrected chi connectivity index (χ3v) is 6.37. The normalized spacial score (nSPS) is 23.7. The molecule has 1 unspecified atom stereocenters. The molecule has 1 aliphatic carbocycles. The molecule has 6 nitrogen and oxygen atoms in total. The van der Waals surface area contributed by atoms with Crippen molar-refractivity contribution in [1.29, 1.82) is 0 Å². The first-order valence-corrected chi connectivity index (χ1v) is 11.3. The SMILES string of the molecule is CCNC(=NCC1CCN(C2CC2)C1)N1CCN(Cc2ccc(Cl)cc2)C(=O)C1. The van der Waals surface area contributed by atoms with E-state index in [1.165, 1.54) is 32.4 Å². The number of hydrogen-bond acceptors (Lipinski definition) is 3. The fraction of sp³-hybridized carbons (Fsp3) is 0.636. The Morgan fingerprint density at radius 2 is 1.97 bits per heavy atom. The topological polar surface area (TPSA) is 51.2 Å². The molecule has 1 aromatic carbocycles. The van der Waals surface area contributed by atoms with Gasteiger partial charge in [-0.3, -0.25) is 9.79 Å². The van der Waals surface area contributed by atoms with E-state index >= 15 is 0 Å². The van der Waals surface area contributed by atoms with Crippen LogP contribution in [-0.4, -0.2) is 78.4 Å². The Morgan fingerprint density at radius 3 is 2.66 bits per heavy atom. The number of hydrogen-bond donors (Lipinski definition) is 1. The maximum atomic E-state index is 12.7. The Morgan fingerprint density at radius 1 is 1.17 bits per heavy atom. The van der Waals surface area contributed by atoms with Crippen molar-refractivity contribution >= 4 is 23.5 Å². The zero-order valence-corrected chi connectivity index (χ0v) is 18.1. The van der Waals surface area contributed by atoms with Gasteiger partial charge in [0.15, 0.2) is 5.96 Å². The highest BCUT2D eigenvalue weighted by Gasteiger charge is 2.34. The molecule has 158 valence electrons. The van der Waals surface area contributed by atoms with Gasteiger partial charge in [-0.25, -0.2) is 0 Å². The second kappa shape index (κ2) is 9.35. The number of benzene rings is 1. The smallest absolute Gasteiger partial charge is 0.242 e. The van der Waals surface area contributed by atoms with Crippen molar-refractivity contribution in [2.75, 3.05) is 45.8 Å². The van der Waals surface area contributed by atoms with Crippen LogP contribution in [0.5, 0.6) is 0 Å². The van der Waals surface area contributed by atoms with E-state index in [-0.39, 0.29) is 5.91 Å². The maximum Gasteiger partial charge on any atom is 0.242 e. The van der Waals surface area contributed by atoms with Gasteiger partial charge in [0.05, 0.1) is 6.54 Å². The number of carbonyl (C=O) groups excluding carboxylic acids is 1. The van der Waals surface area contributed by atoms with E-state index in [1.807, 2.05) is 29.2 Å². The van der Waals surface area contributed by atoms with E-state index < -0.39 is 0 Å². The third kappa shape index (κ3) is 5.43. The van der Waals surface area contributed by atoms with Crippen molar-refractivity contribution in [2.45, 2.75) is 38.8 Å². The molecule has 4 rings (SSSR count). The molecule has 0 radical (unpaired) electrons. The molecule has 2 aliphatic heterocycles. The average molecular weight is 418 g/mol. The molecule has 29 heavy (non-hydrogen) atoms. The van der Waals surface area contributed by atoms with Crippen LogP contribution in [0, 0.1) is 5.92 Å². The number of rotatable bonds is 6. The number of aliphatic imine (C=N–C) groups is 1. The number of likely N-dealkylation sites (tertiary alicyclic amines) is 1. The van der Waals surface area contributed by atoms with Crippen LogP contribution in [0.15, 0.2) is 29.3 Å². The summed E-state index contributed by atoms with van der Waals surface area (Å²) >= 11 is 5.96. The second-order valence-corrected chi connectivity index (χ2v) is 8.88. The predicted molar refractivity (Wildman–Crippen MR) is 117 cm³/mol. The monoisotopic (exact) mass is 417 g/mol. The van der Waals surface area contributed by atoms with E-state index in [2.05, 4.69) is 22.0 Å². The first-order valence-electron chi connectivity index (χ1n) is 10.9. The first kappa shape index (κ1) is 20.5. The number of carbonyl (C=O) groups is 1. The molecule has 2 saturated heterocycles. The lowest BCUT2D eigenvalue weighted by atomic mass is 10.1. The molecular formula is C22H32ClN5O. The quantitative estimate of drug-likeness (QED) is 0.570. The third-order valence-electron chi connectivity index (χ3n) is 6.12. The van der Waals surface area contributed by atoms with Crippen LogP contribution in [0.3, 0.4) is 0 Å². The van der Waals surface area contributed by atoms with Crippen LogP contribution >= 0.6 is 11.6 Å². The van der Waals surface area contributed by atoms with Gasteiger partial charge in [0.2, 0.25) is 5.91 Å². The Hall–Kier alpha value is -1.79. The first-order chi connectivity index (χ1) is 14.1. The van der Waals surface area contributed by atoms with Crippen molar-refractivity contribution in [3.05, 3.63) is 34.9 Å². The molecule has 1 aromatic rings. The molecule has 0 bridgehead atoms. The fourth-order valence-corrected chi connectivity index (χ4v) is 4.42. The van der Waals surface area contributed by atoms with Crippen LogP contribution < -0.4 is 5.32 Å². The Balaban J connectivity index is 1.31. The molecule has 0 spiro atoms. The van der Waals surface area contributed by atoms with Gasteiger partial charge in [-0.2, -0.15) is 0 Å². The van der Waals surface area contributed by atoms with Crippen molar-refractivity contribution in [3.63, 3.8) is 0 Å². The van der Waals surface area contributed by atoms with Crippen LogP contribution in [0.25, 0.3) is 0 Å². The van der Waals surface area contributed by atoms with E-state index in [1.54, 1.807) is 0 Å².